The Morgan fingerprint density at radius 3 is 2.40 bits per heavy atom. The molecule has 1 aliphatic rings. The van der Waals surface area contributed by atoms with Crippen molar-refractivity contribution in [3.63, 3.8) is 0 Å². The van der Waals surface area contributed by atoms with Gasteiger partial charge in [0.05, 0.1) is 23.7 Å². The molecule has 236 valence electrons. The summed E-state index contributed by atoms with van der Waals surface area (Å²) in [4.78, 5) is 29.8. The monoisotopic (exact) mass is 637 g/mol. The van der Waals surface area contributed by atoms with Crippen LogP contribution in [0.3, 0.4) is 0 Å². The zero-order valence-electron chi connectivity index (χ0n) is 23.3. The molecule has 15 heteroatoms. The van der Waals surface area contributed by atoms with Gasteiger partial charge in [0.2, 0.25) is 5.91 Å². The van der Waals surface area contributed by atoms with Crippen molar-refractivity contribution in [3.05, 3.63) is 106 Å². The van der Waals surface area contributed by atoms with Crippen LogP contribution in [0.4, 0.5) is 35.1 Å². The molecule has 0 unspecified atom stereocenters. The van der Waals surface area contributed by atoms with Crippen molar-refractivity contribution < 1.29 is 44.7 Å². The van der Waals surface area contributed by atoms with E-state index in [-0.39, 0.29) is 34.4 Å². The molecule has 1 aliphatic carbocycles. The molecular formula is C30H23F8N5O2. The number of hydrogen-bond acceptors (Lipinski definition) is 4. The predicted molar refractivity (Wildman–Crippen MR) is 144 cm³/mol. The molecule has 0 radical (unpaired) electrons. The van der Waals surface area contributed by atoms with Gasteiger partial charge in [-0.2, -0.15) is 18.3 Å². The number of nitrogens with zero attached hydrogens (tertiary/aromatic N) is 3. The molecule has 0 saturated heterocycles. The van der Waals surface area contributed by atoms with E-state index in [1.165, 1.54) is 37.5 Å². The van der Waals surface area contributed by atoms with Crippen LogP contribution in [0.2, 0.25) is 0 Å². The second kappa shape index (κ2) is 11.9. The lowest BCUT2D eigenvalue weighted by atomic mass is 9.94. The van der Waals surface area contributed by atoms with Gasteiger partial charge in [-0.15, -0.1) is 0 Å². The Morgan fingerprint density at radius 2 is 1.73 bits per heavy atom. The molecule has 2 heterocycles. The van der Waals surface area contributed by atoms with E-state index in [9.17, 15) is 44.7 Å². The fraction of sp³-hybridized carbons (Fsp3) is 0.267. The molecule has 0 spiro atoms. The number of benzene rings is 2. The van der Waals surface area contributed by atoms with E-state index < -0.39 is 83.7 Å². The molecule has 0 aliphatic heterocycles. The van der Waals surface area contributed by atoms with Crippen molar-refractivity contribution in [1.82, 2.24) is 25.4 Å². The summed E-state index contributed by atoms with van der Waals surface area (Å²) in [7, 11) is 1.31. The summed E-state index contributed by atoms with van der Waals surface area (Å²) in [6.07, 6.45) is -6.21. The highest BCUT2D eigenvalue weighted by molar-refractivity contribution is 5.95. The van der Waals surface area contributed by atoms with Crippen LogP contribution in [0.15, 0.2) is 54.7 Å². The Morgan fingerprint density at radius 1 is 1.02 bits per heavy atom. The quantitative estimate of drug-likeness (QED) is 0.247. The van der Waals surface area contributed by atoms with E-state index in [1.54, 1.807) is 0 Å². The van der Waals surface area contributed by atoms with Gasteiger partial charge in [-0.25, -0.2) is 22.0 Å². The first-order chi connectivity index (χ1) is 21.1. The molecule has 7 nitrogen and oxygen atoms in total. The van der Waals surface area contributed by atoms with Crippen molar-refractivity contribution in [3.8, 4) is 11.1 Å². The van der Waals surface area contributed by atoms with E-state index in [4.69, 9.17) is 0 Å². The summed E-state index contributed by atoms with van der Waals surface area (Å²) < 4.78 is 112. The molecule has 5 rings (SSSR count). The van der Waals surface area contributed by atoms with Crippen LogP contribution in [0, 0.1) is 17.5 Å². The first-order valence-corrected chi connectivity index (χ1v) is 13.4. The van der Waals surface area contributed by atoms with Crippen molar-refractivity contribution in [2.24, 2.45) is 0 Å². The van der Waals surface area contributed by atoms with E-state index in [2.05, 4.69) is 20.7 Å². The Balaban J connectivity index is 1.53. The standard InChI is InChI=1S/C30H23F8N5O2/c1-39-28(45)20-10-16(4-5-22(20)33)19-3-2-6-40-26(19)23(9-15-7-17(31)11-18(32)8-15)41-25(44)14-43-24-13-29(34,35)12-21(24)27(42-43)30(36,37)38/h2-8,10-11,23H,9,12-14H2,1H3,(H,39,45)(H,41,44)/t23-/m0/s1. The fourth-order valence-electron chi connectivity index (χ4n) is 5.34. The number of fused-ring (bicyclic) bond motifs is 1. The van der Waals surface area contributed by atoms with Gasteiger partial charge < -0.3 is 10.6 Å². The van der Waals surface area contributed by atoms with Gasteiger partial charge in [0.25, 0.3) is 11.8 Å². The summed E-state index contributed by atoms with van der Waals surface area (Å²) in [6.45, 7) is -0.887. The molecule has 45 heavy (non-hydrogen) atoms. The summed E-state index contributed by atoms with van der Waals surface area (Å²) in [6, 6.07) is 8.11. The predicted octanol–water partition coefficient (Wildman–Crippen LogP) is 5.57. The average Bonchev–Trinajstić information content (AvgIpc) is 3.44. The number of aromatic nitrogens is 3. The van der Waals surface area contributed by atoms with Gasteiger partial charge in [-0.1, -0.05) is 12.1 Å². The molecule has 2 N–H and O–H groups in total. The minimum Gasteiger partial charge on any atom is -0.355 e. The second-order valence-corrected chi connectivity index (χ2v) is 10.5. The summed E-state index contributed by atoms with van der Waals surface area (Å²) >= 11 is 0. The molecular weight excluding hydrogens is 614 g/mol. The molecule has 2 aromatic heterocycles. The molecule has 2 aromatic carbocycles. The number of carbonyl (C=O) groups excluding carboxylic acids is 2. The van der Waals surface area contributed by atoms with E-state index in [0.717, 1.165) is 18.2 Å². The lowest BCUT2D eigenvalue weighted by Gasteiger charge is -2.22. The number of hydrogen-bond donors (Lipinski definition) is 2. The topological polar surface area (TPSA) is 88.9 Å². The lowest BCUT2D eigenvalue weighted by molar-refractivity contribution is -0.142. The third-order valence-electron chi connectivity index (χ3n) is 7.20. The normalized spacial score (nSPS) is 14.6. The van der Waals surface area contributed by atoms with Crippen molar-refractivity contribution in [2.75, 3.05) is 7.05 Å². The average molecular weight is 638 g/mol. The van der Waals surface area contributed by atoms with E-state index in [0.29, 0.717) is 10.7 Å². The number of alkyl halides is 5. The maximum Gasteiger partial charge on any atom is 0.435 e. The van der Waals surface area contributed by atoms with E-state index in [1.807, 2.05) is 0 Å². The molecule has 0 saturated carbocycles. The number of pyridine rings is 1. The van der Waals surface area contributed by atoms with E-state index >= 15 is 0 Å². The smallest absolute Gasteiger partial charge is 0.355 e. The minimum absolute atomic E-state index is 0.0681. The largest absolute Gasteiger partial charge is 0.435 e. The third-order valence-corrected chi connectivity index (χ3v) is 7.20. The molecule has 0 bridgehead atoms. The third kappa shape index (κ3) is 6.81. The second-order valence-electron chi connectivity index (χ2n) is 10.5. The van der Waals surface area contributed by atoms with Gasteiger partial charge in [0.15, 0.2) is 5.69 Å². The SMILES string of the molecule is CNC(=O)c1cc(-c2cccnc2[C@H](Cc2cc(F)cc(F)c2)NC(=O)Cn2nc(C(F)(F)F)c3c2CC(F)(F)C3)ccc1F. The first-order valence-electron chi connectivity index (χ1n) is 13.4. The number of halogens is 8. The fourth-order valence-corrected chi connectivity index (χ4v) is 5.34. The molecule has 0 fully saturated rings. The van der Waals surface area contributed by atoms with Crippen LogP contribution in [0.25, 0.3) is 11.1 Å². The van der Waals surface area contributed by atoms with Gasteiger partial charge in [-0.05, 0) is 47.9 Å². The number of carbonyl (C=O) groups is 2. The Hall–Kier alpha value is -4.82. The Bertz CT molecular complexity index is 1770. The Kier molecular flexibility index (Phi) is 8.38. The van der Waals surface area contributed by atoms with Gasteiger partial charge in [0, 0.05) is 42.6 Å². The Labute approximate surface area is 250 Å². The maximum atomic E-state index is 14.4. The zero-order chi connectivity index (χ0) is 32.7. The number of nitrogens with one attached hydrogen (secondary N) is 2. The van der Waals surface area contributed by atoms with Crippen molar-refractivity contribution in [1.29, 1.82) is 0 Å². The van der Waals surface area contributed by atoms with Crippen LogP contribution in [0.1, 0.15) is 44.6 Å². The van der Waals surface area contributed by atoms with Crippen molar-refractivity contribution >= 4 is 11.8 Å². The number of amides is 2. The van der Waals surface area contributed by atoms with Gasteiger partial charge in [0.1, 0.15) is 24.0 Å². The zero-order valence-corrected chi connectivity index (χ0v) is 23.3. The number of rotatable bonds is 8. The maximum absolute atomic E-state index is 14.4. The van der Waals surface area contributed by atoms with Gasteiger partial charge in [-0.3, -0.25) is 19.3 Å². The molecule has 4 aromatic rings. The van der Waals surface area contributed by atoms with Crippen LogP contribution in [-0.4, -0.2) is 39.5 Å². The van der Waals surface area contributed by atoms with Crippen molar-refractivity contribution in [2.45, 2.75) is 43.9 Å². The summed E-state index contributed by atoms with van der Waals surface area (Å²) in [5.74, 6) is -7.81. The lowest BCUT2D eigenvalue weighted by Crippen LogP contribution is -2.34. The molecule has 1 atom stereocenters. The van der Waals surface area contributed by atoms with Crippen LogP contribution in [0.5, 0.6) is 0 Å². The highest BCUT2D eigenvalue weighted by Gasteiger charge is 2.48. The first kappa shape index (κ1) is 31.6. The summed E-state index contributed by atoms with van der Waals surface area (Å²) in [5.41, 5.74) is -2.21. The highest BCUT2D eigenvalue weighted by atomic mass is 19.4. The van der Waals surface area contributed by atoms with Gasteiger partial charge >= 0.3 is 6.18 Å². The van der Waals surface area contributed by atoms with Crippen LogP contribution in [-0.2, 0) is 36.8 Å². The highest BCUT2D eigenvalue weighted by Crippen LogP contribution is 2.41. The summed E-state index contributed by atoms with van der Waals surface area (Å²) in [5, 5.41) is 8.30. The van der Waals surface area contributed by atoms with Crippen LogP contribution < -0.4 is 10.6 Å². The minimum atomic E-state index is -5.04. The van der Waals surface area contributed by atoms with Crippen LogP contribution >= 0.6 is 0 Å². The molecule has 2 amide bonds.